The van der Waals surface area contributed by atoms with Gasteiger partial charge < -0.3 is 10.1 Å². The number of nitrogens with one attached hydrogen (secondary N) is 1. The van der Waals surface area contributed by atoms with Crippen molar-refractivity contribution in [2.45, 2.75) is 24.6 Å². The summed E-state index contributed by atoms with van der Waals surface area (Å²) in [5, 5.41) is 2.63. The van der Waals surface area contributed by atoms with Crippen LogP contribution in [0.3, 0.4) is 0 Å². The Hall–Kier alpha value is -0.590. The standard InChI is InChI=1S/C13H20BrNO3S/c1-9(19(4,16)17)13(15-2)8-10-7-11(18-3)5-6-12(10)14/h5-7,9,13,15H,8H2,1-4H3. The van der Waals surface area contributed by atoms with Crippen LogP contribution in [0.15, 0.2) is 22.7 Å². The molecule has 4 nitrogen and oxygen atoms in total. The molecule has 0 radical (unpaired) electrons. The monoisotopic (exact) mass is 349 g/mol. The number of sulfone groups is 1. The molecule has 0 saturated heterocycles. The SMILES string of the molecule is CNC(Cc1cc(OC)ccc1Br)C(C)S(C)(=O)=O. The number of hydrogen-bond donors (Lipinski definition) is 1. The first-order chi connectivity index (χ1) is 8.79. The summed E-state index contributed by atoms with van der Waals surface area (Å²) in [6.07, 6.45) is 1.88. The minimum Gasteiger partial charge on any atom is -0.497 e. The molecule has 0 aliphatic heterocycles. The normalized spacial score (nSPS) is 15.0. The Bertz CT molecular complexity index is 531. The van der Waals surface area contributed by atoms with Gasteiger partial charge in [-0.3, -0.25) is 0 Å². The van der Waals surface area contributed by atoms with Gasteiger partial charge in [-0.15, -0.1) is 0 Å². The minimum atomic E-state index is -3.07. The third kappa shape index (κ3) is 4.47. The molecule has 1 N–H and O–H groups in total. The number of methoxy groups -OCH3 is 1. The van der Waals surface area contributed by atoms with E-state index < -0.39 is 15.1 Å². The molecule has 0 aromatic heterocycles. The van der Waals surface area contributed by atoms with Crippen molar-refractivity contribution in [2.24, 2.45) is 0 Å². The minimum absolute atomic E-state index is 0.140. The van der Waals surface area contributed by atoms with E-state index in [0.29, 0.717) is 6.42 Å². The molecule has 0 saturated carbocycles. The quantitative estimate of drug-likeness (QED) is 0.853. The van der Waals surface area contributed by atoms with E-state index in [4.69, 9.17) is 4.74 Å². The van der Waals surface area contributed by atoms with Gasteiger partial charge in [0.15, 0.2) is 9.84 Å². The molecule has 108 valence electrons. The van der Waals surface area contributed by atoms with Gasteiger partial charge in [0.2, 0.25) is 0 Å². The van der Waals surface area contributed by atoms with Crippen molar-refractivity contribution in [1.82, 2.24) is 5.32 Å². The van der Waals surface area contributed by atoms with Crippen LogP contribution in [0.5, 0.6) is 5.75 Å². The van der Waals surface area contributed by atoms with Gasteiger partial charge in [0.25, 0.3) is 0 Å². The third-order valence-electron chi connectivity index (χ3n) is 3.31. The lowest BCUT2D eigenvalue weighted by molar-refractivity contribution is 0.413. The molecule has 0 amide bonds. The number of likely N-dealkylation sites (N-methyl/N-ethyl adjacent to an activating group) is 1. The topological polar surface area (TPSA) is 55.4 Å². The zero-order chi connectivity index (χ0) is 14.6. The van der Waals surface area contributed by atoms with E-state index in [2.05, 4.69) is 21.2 Å². The number of hydrogen-bond acceptors (Lipinski definition) is 4. The molecule has 19 heavy (non-hydrogen) atoms. The van der Waals surface area contributed by atoms with Gasteiger partial charge >= 0.3 is 0 Å². The number of ether oxygens (including phenoxy) is 1. The Kier molecular flexibility index (Phi) is 5.82. The largest absolute Gasteiger partial charge is 0.497 e. The maximum Gasteiger partial charge on any atom is 0.151 e. The molecule has 0 heterocycles. The van der Waals surface area contributed by atoms with Crippen LogP contribution in [-0.2, 0) is 16.3 Å². The molecule has 2 atom stereocenters. The molecule has 0 spiro atoms. The number of halogens is 1. The highest BCUT2D eigenvalue weighted by Gasteiger charge is 2.25. The summed E-state index contributed by atoms with van der Waals surface area (Å²) in [5.41, 5.74) is 1.02. The Labute approximate surface area is 123 Å². The molecule has 2 unspecified atom stereocenters. The van der Waals surface area contributed by atoms with Crippen molar-refractivity contribution < 1.29 is 13.2 Å². The van der Waals surface area contributed by atoms with Crippen LogP contribution in [0.1, 0.15) is 12.5 Å². The van der Waals surface area contributed by atoms with Crippen LogP contribution in [0, 0.1) is 0 Å². The zero-order valence-corrected chi connectivity index (χ0v) is 14.0. The van der Waals surface area contributed by atoms with Crippen LogP contribution >= 0.6 is 15.9 Å². The molecular formula is C13H20BrNO3S. The van der Waals surface area contributed by atoms with Crippen molar-refractivity contribution in [3.8, 4) is 5.75 Å². The third-order valence-corrected chi connectivity index (χ3v) is 5.76. The Morgan fingerprint density at radius 1 is 1.42 bits per heavy atom. The summed E-state index contributed by atoms with van der Waals surface area (Å²) >= 11 is 3.48. The number of rotatable bonds is 6. The Morgan fingerprint density at radius 2 is 2.05 bits per heavy atom. The Morgan fingerprint density at radius 3 is 2.53 bits per heavy atom. The fraction of sp³-hybridized carbons (Fsp3) is 0.538. The van der Waals surface area contributed by atoms with Crippen molar-refractivity contribution in [2.75, 3.05) is 20.4 Å². The lowest BCUT2D eigenvalue weighted by atomic mass is 10.0. The molecule has 0 fully saturated rings. The molecule has 6 heteroatoms. The summed E-state index contributed by atoms with van der Waals surface area (Å²) in [6, 6.07) is 5.55. The summed E-state index contributed by atoms with van der Waals surface area (Å²) in [7, 11) is 0.319. The van der Waals surface area contributed by atoms with E-state index in [9.17, 15) is 8.42 Å². The van der Waals surface area contributed by atoms with Gasteiger partial charge in [-0.2, -0.15) is 0 Å². The van der Waals surface area contributed by atoms with Crippen molar-refractivity contribution >= 4 is 25.8 Å². The van der Waals surface area contributed by atoms with Crippen molar-refractivity contribution in [3.05, 3.63) is 28.2 Å². The van der Waals surface area contributed by atoms with Crippen LogP contribution in [0.2, 0.25) is 0 Å². The average molecular weight is 350 g/mol. The van der Waals surface area contributed by atoms with Gasteiger partial charge in [0.1, 0.15) is 5.75 Å². The molecule has 0 aliphatic rings. The molecule has 0 bridgehead atoms. The maximum absolute atomic E-state index is 11.7. The number of benzene rings is 1. The van der Waals surface area contributed by atoms with E-state index in [0.717, 1.165) is 15.8 Å². The predicted molar refractivity (Wildman–Crippen MR) is 81.6 cm³/mol. The van der Waals surface area contributed by atoms with Gasteiger partial charge in [-0.05, 0) is 44.2 Å². The lowest BCUT2D eigenvalue weighted by Crippen LogP contribution is -2.42. The second-order valence-corrected chi connectivity index (χ2v) is 7.85. The smallest absolute Gasteiger partial charge is 0.151 e. The highest BCUT2D eigenvalue weighted by atomic mass is 79.9. The summed E-state index contributed by atoms with van der Waals surface area (Å²) in [6.45, 7) is 1.73. The highest BCUT2D eigenvalue weighted by Crippen LogP contribution is 2.24. The first-order valence-corrected chi connectivity index (χ1v) is 8.73. The van der Waals surface area contributed by atoms with Crippen molar-refractivity contribution in [3.63, 3.8) is 0 Å². The zero-order valence-electron chi connectivity index (χ0n) is 11.6. The molecular weight excluding hydrogens is 330 g/mol. The van der Waals surface area contributed by atoms with Gasteiger partial charge in [0.05, 0.1) is 12.4 Å². The molecule has 0 aliphatic carbocycles. The summed E-state index contributed by atoms with van der Waals surface area (Å²) in [4.78, 5) is 0. The molecule has 1 rings (SSSR count). The molecule has 1 aromatic rings. The van der Waals surface area contributed by atoms with Gasteiger partial charge in [0, 0.05) is 16.8 Å². The fourth-order valence-electron chi connectivity index (χ4n) is 1.87. The first kappa shape index (κ1) is 16.5. The van der Waals surface area contributed by atoms with E-state index in [-0.39, 0.29) is 6.04 Å². The van der Waals surface area contributed by atoms with E-state index in [1.54, 1.807) is 21.1 Å². The summed E-state index contributed by atoms with van der Waals surface area (Å²) in [5.74, 6) is 0.764. The van der Waals surface area contributed by atoms with Crippen LogP contribution < -0.4 is 10.1 Å². The summed E-state index contributed by atoms with van der Waals surface area (Å²) < 4.78 is 29.5. The molecule has 1 aromatic carbocycles. The highest BCUT2D eigenvalue weighted by molar-refractivity contribution is 9.10. The van der Waals surface area contributed by atoms with Crippen LogP contribution in [0.4, 0.5) is 0 Å². The van der Waals surface area contributed by atoms with Gasteiger partial charge in [-0.1, -0.05) is 15.9 Å². The average Bonchev–Trinajstić information content (AvgIpc) is 2.36. The maximum atomic E-state index is 11.7. The van der Waals surface area contributed by atoms with Crippen LogP contribution in [0.25, 0.3) is 0 Å². The van der Waals surface area contributed by atoms with E-state index >= 15 is 0 Å². The second-order valence-electron chi connectivity index (χ2n) is 4.59. The predicted octanol–water partition coefficient (Wildman–Crippen LogP) is 2.02. The Balaban J connectivity index is 2.99. The lowest BCUT2D eigenvalue weighted by Gasteiger charge is -2.23. The van der Waals surface area contributed by atoms with Gasteiger partial charge in [-0.25, -0.2) is 8.42 Å². The first-order valence-electron chi connectivity index (χ1n) is 5.98. The van der Waals surface area contributed by atoms with Crippen LogP contribution in [-0.4, -0.2) is 40.1 Å². The van der Waals surface area contributed by atoms with Crippen molar-refractivity contribution in [1.29, 1.82) is 0 Å². The fourth-order valence-corrected chi connectivity index (χ4v) is 3.11. The second kappa shape index (κ2) is 6.72. The van der Waals surface area contributed by atoms with E-state index in [1.165, 1.54) is 6.26 Å². The van der Waals surface area contributed by atoms with E-state index in [1.807, 2.05) is 18.2 Å².